The molecule has 1 saturated heterocycles. The van der Waals surface area contributed by atoms with Gasteiger partial charge < -0.3 is 9.84 Å². The molecule has 0 spiro atoms. The Morgan fingerprint density at radius 2 is 2.24 bits per heavy atom. The van der Waals surface area contributed by atoms with Crippen molar-refractivity contribution < 1.29 is 14.6 Å². The number of aromatic hydroxyl groups is 1. The number of hydrazone groups is 1. The first-order valence-corrected chi connectivity index (χ1v) is 7.19. The number of carbonyl (C=O) groups is 1. The van der Waals surface area contributed by atoms with Crippen molar-refractivity contribution in [2.45, 2.75) is 19.8 Å². The van der Waals surface area contributed by atoms with E-state index in [1.165, 1.54) is 6.21 Å². The maximum Gasteiger partial charge on any atom is 0.254 e. The molecular formula is C15H21N3O3. The van der Waals surface area contributed by atoms with Gasteiger partial charge in [0.2, 0.25) is 0 Å². The van der Waals surface area contributed by atoms with E-state index in [1.807, 2.05) is 6.92 Å². The van der Waals surface area contributed by atoms with Gasteiger partial charge in [-0.05, 0) is 45.0 Å². The van der Waals surface area contributed by atoms with Gasteiger partial charge in [-0.3, -0.25) is 9.69 Å². The molecule has 21 heavy (non-hydrogen) atoms. The van der Waals surface area contributed by atoms with Crippen LogP contribution in [0.2, 0.25) is 0 Å². The molecule has 0 radical (unpaired) electrons. The van der Waals surface area contributed by atoms with Gasteiger partial charge in [-0.1, -0.05) is 6.07 Å². The smallest absolute Gasteiger partial charge is 0.254 e. The number of carbonyl (C=O) groups excluding carboxylic acids is 1. The fraction of sp³-hybridized carbons (Fsp3) is 0.467. The number of ether oxygens (including phenoxy) is 1. The summed E-state index contributed by atoms with van der Waals surface area (Å²) in [6.45, 7) is 4.62. The first-order chi connectivity index (χ1) is 10.2. The van der Waals surface area contributed by atoms with Crippen LogP contribution in [0.25, 0.3) is 0 Å². The minimum Gasteiger partial charge on any atom is -0.504 e. The molecule has 1 aromatic rings. The van der Waals surface area contributed by atoms with Crippen LogP contribution >= 0.6 is 0 Å². The summed E-state index contributed by atoms with van der Waals surface area (Å²) in [6, 6.07) is 5.15. The molecule has 0 aromatic heterocycles. The molecule has 0 aliphatic carbocycles. The molecule has 0 bridgehead atoms. The van der Waals surface area contributed by atoms with Crippen LogP contribution in [-0.2, 0) is 4.79 Å². The number of rotatable bonds is 6. The van der Waals surface area contributed by atoms with Crippen molar-refractivity contribution in [3.63, 3.8) is 0 Å². The Labute approximate surface area is 124 Å². The van der Waals surface area contributed by atoms with E-state index in [9.17, 15) is 9.90 Å². The van der Waals surface area contributed by atoms with Crippen molar-refractivity contribution in [1.82, 2.24) is 10.3 Å². The van der Waals surface area contributed by atoms with Gasteiger partial charge in [-0.2, -0.15) is 5.10 Å². The van der Waals surface area contributed by atoms with Crippen molar-refractivity contribution in [1.29, 1.82) is 0 Å². The van der Waals surface area contributed by atoms with E-state index >= 15 is 0 Å². The third kappa shape index (κ3) is 4.46. The zero-order valence-corrected chi connectivity index (χ0v) is 12.2. The molecule has 0 atom stereocenters. The second-order valence-electron chi connectivity index (χ2n) is 4.90. The van der Waals surface area contributed by atoms with Crippen molar-refractivity contribution in [2.24, 2.45) is 5.10 Å². The van der Waals surface area contributed by atoms with E-state index in [0.717, 1.165) is 25.9 Å². The molecule has 1 amide bonds. The SMILES string of the molecule is CCOc1cccc(/C=N/NC(=O)CN2CCCC2)c1O. The lowest BCUT2D eigenvalue weighted by Crippen LogP contribution is -2.33. The number of phenols is 1. The van der Waals surface area contributed by atoms with Gasteiger partial charge in [-0.15, -0.1) is 0 Å². The Bertz CT molecular complexity index is 511. The Balaban J connectivity index is 1.88. The van der Waals surface area contributed by atoms with Gasteiger partial charge in [0.1, 0.15) is 0 Å². The molecule has 0 unspecified atom stereocenters. The van der Waals surface area contributed by atoms with Gasteiger partial charge in [-0.25, -0.2) is 5.43 Å². The van der Waals surface area contributed by atoms with Crippen molar-refractivity contribution in [2.75, 3.05) is 26.2 Å². The number of nitrogens with zero attached hydrogens (tertiary/aromatic N) is 2. The number of hydrogen-bond donors (Lipinski definition) is 2. The van der Waals surface area contributed by atoms with E-state index < -0.39 is 0 Å². The second kappa shape index (κ2) is 7.64. The van der Waals surface area contributed by atoms with Gasteiger partial charge >= 0.3 is 0 Å². The summed E-state index contributed by atoms with van der Waals surface area (Å²) in [4.78, 5) is 13.8. The predicted octanol–water partition coefficient (Wildman–Crippen LogP) is 1.34. The molecule has 1 aliphatic heterocycles. The third-order valence-electron chi connectivity index (χ3n) is 3.29. The number of hydrogen-bond acceptors (Lipinski definition) is 5. The van der Waals surface area contributed by atoms with Gasteiger partial charge in [0.15, 0.2) is 11.5 Å². The standard InChI is InChI=1S/C15H21N3O3/c1-2-21-13-7-5-6-12(15(13)20)10-16-17-14(19)11-18-8-3-4-9-18/h5-7,10,20H,2-4,8-9,11H2,1H3,(H,17,19)/b16-10+. The zero-order chi connectivity index (χ0) is 15.1. The summed E-state index contributed by atoms with van der Waals surface area (Å²) in [5.41, 5.74) is 2.98. The lowest BCUT2D eigenvalue weighted by Gasteiger charge is -2.12. The van der Waals surface area contributed by atoms with Crippen LogP contribution in [0.1, 0.15) is 25.3 Å². The highest BCUT2D eigenvalue weighted by Gasteiger charge is 2.14. The number of para-hydroxylation sites is 1. The monoisotopic (exact) mass is 291 g/mol. The quantitative estimate of drug-likeness (QED) is 0.612. The van der Waals surface area contributed by atoms with Crippen LogP contribution in [0.3, 0.4) is 0 Å². The first-order valence-electron chi connectivity index (χ1n) is 7.19. The molecule has 1 aliphatic rings. The first kappa shape index (κ1) is 15.3. The number of amides is 1. The van der Waals surface area contributed by atoms with Gasteiger partial charge in [0.05, 0.1) is 19.4 Å². The van der Waals surface area contributed by atoms with Gasteiger partial charge in [0.25, 0.3) is 5.91 Å². The van der Waals surface area contributed by atoms with Crippen LogP contribution in [0.4, 0.5) is 0 Å². The summed E-state index contributed by atoms with van der Waals surface area (Å²) >= 11 is 0. The molecule has 0 saturated carbocycles. The van der Waals surface area contributed by atoms with Crippen LogP contribution in [0.5, 0.6) is 11.5 Å². The highest BCUT2D eigenvalue weighted by Crippen LogP contribution is 2.28. The van der Waals surface area contributed by atoms with Crippen molar-refractivity contribution in [3.05, 3.63) is 23.8 Å². The topological polar surface area (TPSA) is 74.2 Å². The molecule has 114 valence electrons. The van der Waals surface area contributed by atoms with E-state index in [0.29, 0.717) is 24.5 Å². The Kier molecular flexibility index (Phi) is 5.57. The predicted molar refractivity (Wildman–Crippen MR) is 80.7 cm³/mol. The van der Waals surface area contributed by atoms with Crippen molar-refractivity contribution in [3.8, 4) is 11.5 Å². The van der Waals surface area contributed by atoms with Crippen LogP contribution in [0.15, 0.2) is 23.3 Å². The zero-order valence-electron chi connectivity index (χ0n) is 12.2. The van der Waals surface area contributed by atoms with Gasteiger partial charge in [0, 0.05) is 5.56 Å². The number of nitrogens with one attached hydrogen (secondary N) is 1. The summed E-state index contributed by atoms with van der Waals surface area (Å²) < 4.78 is 5.29. The summed E-state index contributed by atoms with van der Waals surface area (Å²) in [7, 11) is 0. The summed E-state index contributed by atoms with van der Waals surface area (Å²) in [5, 5.41) is 13.9. The van der Waals surface area contributed by atoms with E-state index in [-0.39, 0.29) is 11.7 Å². The molecular weight excluding hydrogens is 270 g/mol. The molecule has 1 fully saturated rings. The van der Waals surface area contributed by atoms with E-state index in [2.05, 4.69) is 15.4 Å². The lowest BCUT2D eigenvalue weighted by atomic mass is 10.2. The number of likely N-dealkylation sites (tertiary alicyclic amines) is 1. The summed E-state index contributed by atoms with van der Waals surface area (Å²) in [6.07, 6.45) is 3.71. The Morgan fingerprint density at radius 3 is 2.95 bits per heavy atom. The third-order valence-corrected chi connectivity index (χ3v) is 3.29. The minimum absolute atomic E-state index is 0.0249. The number of benzene rings is 1. The lowest BCUT2D eigenvalue weighted by molar-refractivity contribution is -0.121. The maximum absolute atomic E-state index is 11.7. The maximum atomic E-state index is 11.7. The average molecular weight is 291 g/mol. The summed E-state index contributed by atoms with van der Waals surface area (Å²) in [5.74, 6) is 0.287. The highest BCUT2D eigenvalue weighted by atomic mass is 16.5. The highest BCUT2D eigenvalue weighted by molar-refractivity contribution is 5.86. The Hall–Kier alpha value is -2.08. The van der Waals surface area contributed by atoms with Crippen LogP contribution in [-0.4, -0.2) is 48.4 Å². The average Bonchev–Trinajstić information content (AvgIpc) is 2.96. The minimum atomic E-state index is -0.145. The molecule has 1 heterocycles. The molecule has 6 heteroatoms. The Morgan fingerprint density at radius 1 is 1.48 bits per heavy atom. The molecule has 2 rings (SSSR count). The fourth-order valence-corrected chi connectivity index (χ4v) is 2.27. The molecule has 1 aromatic carbocycles. The largest absolute Gasteiger partial charge is 0.504 e. The molecule has 6 nitrogen and oxygen atoms in total. The van der Waals surface area contributed by atoms with E-state index in [4.69, 9.17) is 4.74 Å². The normalized spacial score (nSPS) is 15.5. The fourth-order valence-electron chi connectivity index (χ4n) is 2.27. The van der Waals surface area contributed by atoms with E-state index in [1.54, 1.807) is 18.2 Å². The van der Waals surface area contributed by atoms with Crippen LogP contribution in [0, 0.1) is 0 Å². The number of phenolic OH excluding ortho intramolecular Hbond substituents is 1. The molecule has 2 N–H and O–H groups in total. The van der Waals surface area contributed by atoms with Crippen LogP contribution < -0.4 is 10.2 Å². The van der Waals surface area contributed by atoms with Crippen molar-refractivity contribution >= 4 is 12.1 Å². The second-order valence-corrected chi connectivity index (χ2v) is 4.90.